The number of nitrogens with one attached hydrogen (secondary N) is 1. The highest BCUT2D eigenvalue weighted by Gasteiger charge is 2.28. The number of benzene rings is 1. The molecule has 0 spiro atoms. The molecule has 1 aliphatic heterocycles. The molecule has 1 aromatic rings. The van der Waals surface area contributed by atoms with Crippen LogP contribution in [0.3, 0.4) is 0 Å². The number of carbonyl (C=O) groups excluding carboxylic acids is 1. The van der Waals surface area contributed by atoms with Crippen molar-refractivity contribution in [2.24, 2.45) is 0 Å². The first-order chi connectivity index (χ1) is 8.61. The quantitative estimate of drug-likeness (QED) is 0.867. The van der Waals surface area contributed by atoms with Crippen LogP contribution < -0.4 is 5.32 Å². The largest absolute Gasteiger partial charge is 0.344 e. The molecule has 1 fully saturated rings. The molecule has 0 aromatic heterocycles. The standard InChI is InChI=1S/C13H14FN3O/c1-17-5-4-12(13(17)18)16-8-10-6-11(14)3-2-9(10)7-15/h2-3,6,12,16H,4-5,8H2,1H3. The summed E-state index contributed by atoms with van der Waals surface area (Å²) in [5.74, 6) is -0.328. The minimum absolute atomic E-state index is 0.0462. The molecule has 0 radical (unpaired) electrons. The second-order valence-electron chi connectivity index (χ2n) is 4.40. The molecule has 0 aliphatic carbocycles. The van der Waals surface area contributed by atoms with Crippen LogP contribution in [-0.2, 0) is 11.3 Å². The summed E-state index contributed by atoms with van der Waals surface area (Å²) in [4.78, 5) is 13.3. The lowest BCUT2D eigenvalue weighted by molar-refractivity contribution is -0.128. The molecule has 1 amide bonds. The lowest BCUT2D eigenvalue weighted by atomic mass is 10.1. The summed E-state index contributed by atoms with van der Waals surface area (Å²) in [6.07, 6.45) is 0.743. The van der Waals surface area contributed by atoms with Crippen LogP contribution in [0, 0.1) is 17.1 Å². The van der Waals surface area contributed by atoms with E-state index in [1.807, 2.05) is 6.07 Å². The molecule has 1 aromatic carbocycles. The van der Waals surface area contributed by atoms with Crippen LogP contribution in [0.4, 0.5) is 4.39 Å². The zero-order valence-electron chi connectivity index (χ0n) is 10.1. The molecule has 1 N–H and O–H groups in total. The number of rotatable bonds is 3. The van der Waals surface area contributed by atoms with Gasteiger partial charge in [0, 0.05) is 20.1 Å². The van der Waals surface area contributed by atoms with Crippen molar-refractivity contribution in [1.82, 2.24) is 10.2 Å². The molecule has 4 nitrogen and oxygen atoms in total. The Morgan fingerprint density at radius 2 is 2.39 bits per heavy atom. The number of likely N-dealkylation sites (tertiary alicyclic amines) is 1. The van der Waals surface area contributed by atoms with Crippen LogP contribution in [0.1, 0.15) is 17.5 Å². The van der Waals surface area contributed by atoms with Gasteiger partial charge in [-0.2, -0.15) is 5.26 Å². The van der Waals surface area contributed by atoms with E-state index in [-0.39, 0.29) is 17.8 Å². The first-order valence-corrected chi connectivity index (χ1v) is 5.78. The molecule has 18 heavy (non-hydrogen) atoms. The second-order valence-corrected chi connectivity index (χ2v) is 4.40. The third kappa shape index (κ3) is 2.49. The molecule has 1 unspecified atom stereocenters. The molecule has 0 bridgehead atoms. The maximum absolute atomic E-state index is 13.1. The fraction of sp³-hybridized carbons (Fsp3) is 0.385. The summed E-state index contributed by atoms with van der Waals surface area (Å²) in [7, 11) is 1.76. The summed E-state index contributed by atoms with van der Waals surface area (Å²) < 4.78 is 13.1. The van der Waals surface area contributed by atoms with Gasteiger partial charge in [-0.25, -0.2) is 4.39 Å². The Kier molecular flexibility index (Phi) is 3.58. The van der Waals surface area contributed by atoms with Gasteiger partial charge >= 0.3 is 0 Å². The minimum atomic E-state index is -0.374. The maximum atomic E-state index is 13.1. The van der Waals surface area contributed by atoms with E-state index in [0.717, 1.165) is 13.0 Å². The molecule has 1 aliphatic rings. The predicted molar refractivity (Wildman–Crippen MR) is 64.0 cm³/mol. The summed E-state index contributed by atoms with van der Waals surface area (Å²) in [5, 5.41) is 12.0. The number of amides is 1. The molecule has 0 saturated carbocycles. The van der Waals surface area contributed by atoms with Gasteiger partial charge in [-0.3, -0.25) is 4.79 Å². The Hall–Kier alpha value is -1.93. The molecule has 1 saturated heterocycles. The third-order valence-corrected chi connectivity index (χ3v) is 3.15. The van der Waals surface area contributed by atoms with Gasteiger partial charge in [0.2, 0.25) is 5.91 Å². The van der Waals surface area contributed by atoms with Gasteiger partial charge in [-0.05, 0) is 30.2 Å². The van der Waals surface area contributed by atoms with Gasteiger partial charge in [-0.15, -0.1) is 0 Å². The highest BCUT2D eigenvalue weighted by atomic mass is 19.1. The van der Waals surface area contributed by atoms with E-state index in [4.69, 9.17) is 5.26 Å². The third-order valence-electron chi connectivity index (χ3n) is 3.15. The van der Waals surface area contributed by atoms with Crippen molar-refractivity contribution >= 4 is 5.91 Å². The number of halogens is 1. The van der Waals surface area contributed by atoms with Crippen molar-refractivity contribution in [2.45, 2.75) is 19.0 Å². The summed E-state index contributed by atoms with van der Waals surface area (Å²) in [5.41, 5.74) is 1.02. The monoisotopic (exact) mass is 247 g/mol. The zero-order chi connectivity index (χ0) is 13.1. The van der Waals surface area contributed by atoms with E-state index < -0.39 is 0 Å². The van der Waals surface area contributed by atoms with Gasteiger partial charge in [0.1, 0.15) is 5.82 Å². The number of nitriles is 1. The van der Waals surface area contributed by atoms with Gasteiger partial charge in [-0.1, -0.05) is 0 Å². The Balaban J connectivity index is 2.05. The van der Waals surface area contributed by atoms with E-state index in [0.29, 0.717) is 17.7 Å². The smallest absolute Gasteiger partial charge is 0.239 e. The number of hydrogen-bond donors (Lipinski definition) is 1. The van der Waals surface area contributed by atoms with Crippen LogP contribution in [0.2, 0.25) is 0 Å². The number of carbonyl (C=O) groups is 1. The SMILES string of the molecule is CN1CCC(NCc2cc(F)ccc2C#N)C1=O. The van der Waals surface area contributed by atoms with Crippen molar-refractivity contribution in [2.75, 3.05) is 13.6 Å². The van der Waals surface area contributed by atoms with Crippen LogP contribution in [0.25, 0.3) is 0 Å². The molecule has 94 valence electrons. The molecular weight excluding hydrogens is 233 g/mol. The van der Waals surface area contributed by atoms with Crippen LogP contribution in [0.15, 0.2) is 18.2 Å². The molecule has 2 rings (SSSR count). The van der Waals surface area contributed by atoms with Crippen molar-refractivity contribution in [3.05, 3.63) is 35.1 Å². The van der Waals surface area contributed by atoms with E-state index >= 15 is 0 Å². The topological polar surface area (TPSA) is 56.1 Å². The van der Waals surface area contributed by atoms with Gasteiger partial charge in [0.05, 0.1) is 17.7 Å². The van der Waals surface area contributed by atoms with Crippen LogP contribution in [0.5, 0.6) is 0 Å². The fourth-order valence-corrected chi connectivity index (χ4v) is 2.06. The lowest BCUT2D eigenvalue weighted by Gasteiger charge is -2.12. The van der Waals surface area contributed by atoms with Gasteiger partial charge in [0.25, 0.3) is 0 Å². The predicted octanol–water partition coefficient (Wildman–Crippen LogP) is 1.02. The highest BCUT2D eigenvalue weighted by Crippen LogP contribution is 2.13. The maximum Gasteiger partial charge on any atom is 0.239 e. The minimum Gasteiger partial charge on any atom is -0.344 e. The highest BCUT2D eigenvalue weighted by molar-refractivity contribution is 5.83. The summed E-state index contributed by atoms with van der Waals surface area (Å²) >= 11 is 0. The van der Waals surface area contributed by atoms with E-state index in [1.54, 1.807) is 11.9 Å². The molecule has 5 heteroatoms. The summed E-state index contributed by atoms with van der Waals surface area (Å²) in [6.45, 7) is 1.05. The Bertz CT molecular complexity index is 509. The Morgan fingerprint density at radius 1 is 1.61 bits per heavy atom. The average Bonchev–Trinajstić information content (AvgIpc) is 2.68. The van der Waals surface area contributed by atoms with Crippen molar-refractivity contribution in [3.8, 4) is 6.07 Å². The molecular formula is C13H14FN3O. The van der Waals surface area contributed by atoms with E-state index in [2.05, 4.69) is 5.32 Å². The van der Waals surface area contributed by atoms with Gasteiger partial charge < -0.3 is 10.2 Å². The zero-order valence-corrected chi connectivity index (χ0v) is 10.1. The summed E-state index contributed by atoms with van der Waals surface area (Å²) in [6, 6.07) is 5.83. The first kappa shape index (κ1) is 12.5. The van der Waals surface area contributed by atoms with E-state index in [9.17, 15) is 9.18 Å². The van der Waals surface area contributed by atoms with Crippen LogP contribution in [-0.4, -0.2) is 30.4 Å². The number of nitrogens with zero attached hydrogens (tertiary/aromatic N) is 2. The lowest BCUT2D eigenvalue weighted by Crippen LogP contribution is -2.36. The Morgan fingerprint density at radius 3 is 3.00 bits per heavy atom. The normalized spacial score (nSPS) is 19.1. The van der Waals surface area contributed by atoms with E-state index in [1.165, 1.54) is 18.2 Å². The van der Waals surface area contributed by atoms with Crippen molar-refractivity contribution in [3.63, 3.8) is 0 Å². The Labute approximate surface area is 105 Å². The van der Waals surface area contributed by atoms with Crippen LogP contribution >= 0.6 is 0 Å². The van der Waals surface area contributed by atoms with Crippen molar-refractivity contribution in [1.29, 1.82) is 5.26 Å². The number of likely N-dealkylation sites (N-methyl/N-ethyl adjacent to an activating group) is 1. The average molecular weight is 247 g/mol. The molecule has 1 atom stereocenters. The first-order valence-electron chi connectivity index (χ1n) is 5.78. The number of hydrogen-bond acceptors (Lipinski definition) is 3. The van der Waals surface area contributed by atoms with Crippen molar-refractivity contribution < 1.29 is 9.18 Å². The van der Waals surface area contributed by atoms with Gasteiger partial charge in [0.15, 0.2) is 0 Å². The molecule has 1 heterocycles. The second kappa shape index (κ2) is 5.15. The fourth-order valence-electron chi connectivity index (χ4n) is 2.06.